The van der Waals surface area contributed by atoms with Crippen molar-refractivity contribution in [3.63, 3.8) is 0 Å². The normalized spacial score (nSPS) is 10.2. The molecule has 0 aliphatic carbocycles. The third kappa shape index (κ3) is 1.81. The van der Waals surface area contributed by atoms with Crippen molar-refractivity contribution in [1.82, 2.24) is 0 Å². The Balaban J connectivity index is 3.43. The highest BCUT2D eigenvalue weighted by Crippen LogP contribution is 2.39. The molecule has 0 unspecified atom stereocenters. The first-order chi connectivity index (χ1) is 6.50. The van der Waals surface area contributed by atoms with Crippen molar-refractivity contribution in [2.24, 2.45) is 0 Å². The Hall–Kier alpha value is -0.500. The monoisotopic (exact) mass is 324 g/mol. The van der Waals surface area contributed by atoms with E-state index in [2.05, 4.69) is 40.5 Å². The lowest BCUT2D eigenvalue weighted by molar-refractivity contribution is 1.34. The van der Waals surface area contributed by atoms with Gasteiger partial charge >= 0.3 is 0 Å². The van der Waals surface area contributed by atoms with Gasteiger partial charge in [0.15, 0.2) is 0 Å². The summed E-state index contributed by atoms with van der Waals surface area (Å²) in [6.07, 6.45) is 0. The third-order valence-corrected chi connectivity index (χ3v) is 2.95. The fraction of sp³-hybridized carbons (Fsp3) is 0.250. The van der Waals surface area contributed by atoms with Gasteiger partial charge < -0.3 is 22.5 Å². The predicted octanol–water partition coefficient (Wildman–Crippen LogP) is 1.83. The second kappa shape index (κ2) is 4.35. The fourth-order valence-corrected chi connectivity index (χ4v) is 1.92. The Bertz CT molecular complexity index is 338. The summed E-state index contributed by atoms with van der Waals surface area (Å²) in [6.45, 7) is 1.83. The number of nitrogen functional groups attached to an aromatic ring is 3. The van der Waals surface area contributed by atoms with Crippen LogP contribution >= 0.6 is 35.2 Å². The van der Waals surface area contributed by atoms with Gasteiger partial charge in [0.05, 0.1) is 32.2 Å². The minimum Gasteiger partial charge on any atom is -0.397 e. The van der Waals surface area contributed by atoms with Gasteiger partial charge in [-0.15, -0.1) is 12.6 Å². The van der Waals surface area contributed by atoms with Gasteiger partial charge in [-0.25, -0.2) is 0 Å². The van der Waals surface area contributed by atoms with Crippen LogP contribution in [0.5, 0.6) is 0 Å². The zero-order valence-electron chi connectivity index (χ0n) is 7.76. The van der Waals surface area contributed by atoms with Crippen molar-refractivity contribution >= 4 is 58.0 Å². The van der Waals surface area contributed by atoms with Gasteiger partial charge in [0, 0.05) is 0 Å². The number of hydrogen-bond acceptors (Lipinski definition) is 5. The van der Waals surface area contributed by atoms with Crippen molar-refractivity contribution in [3.05, 3.63) is 5.56 Å². The maximum Gasteiger partial charge on any atom is 0.0799 e. The summed E-state index contributed by atoms with van der Waals surface area (Å²) >= 11 is 6.48. The van der Waals surface area contributed by atoms with Crippen LogP contribution in [0.15, 0.2) is 4.90 Å². The molecule has 1 rings (SSSR count). The lowest BCUT2D eigenvalue weighted by Gasteiger charge is -2.16. The number of thiol groups is 1. The van der Waals surface area contributed by atoms with E-state index in [1.54, 1.807) is 0 Å². The zero-order valence-corrected chi connectivity index (χ0v) is 10.8. The van der Waals surface area contributed by atoms with E-state index in [0.717, 1.165) is 10.1 Å². The molecule has 0 fully saturated rings. The molecule has 0 aliphatic rings. The van der Waals surface area contributed by atoms with Gasteiger partial charge in [0.1, 0.15) is 0 Å². The lowest BCUT2D eigenvalue weighted by atomic mass is 10.1. The van der Waals surface area contributed by atoms with Crippen LogP contribution in [0.4, 0.5) is 22.7 Å². The predicted molar refractivity (Wildman–Crippen MR) is 74.2 cm³/mol. The molecule has 0 amide bonds. The summed E-state index contributed by atoms with van der Waals surface area (Å²) in [5, 5.41) is 3.08. The van der Waals surface area contributed by atoms with E-state index >= 15 is 0 Å². The molecule has 4 nitrogen and oxygen atoms in total. The highest BCUT2D eigenvalue weighted by molar-refractivity contribution is 14.1. The van der Waals surface area contributed by atoms with E-state index in [1.807, 2.05) is 6.92 Å². The Labute approximate surface area is 102 Å². The van der Waals surface area contributed by atoms with Crippen molar-refractivity contribution in [2.75, 3.05) is 27.1 Å². The first-order valence-electron chi connectivity index (χ1n) is 3.96. The van der Waals surface area contributed by atoms with Crippen LogP contribution in [0.3, 0.4) is 0 Å². The molecule has 0 bridgehead atoms. The third-order valence-electron chi connectivity index (χ3n) is 2.10. The molecule has 1 aromatic rings. The summed E-state index contributed by atoms with van der Waals surface area (Å²) < 4.78 is 0.720. The quantitative estimate of drug-likeness (QED) is 0.189. The van der Waals surface area contributed by atoms with E-state index in [0.29, 0.717) is 27.6 Å². The molecule has 0 aliphatic heterocycles. The Morgan fingerprint density at radius 1 is 1.21 bits per heavy atom. The number of nitrogens with one attached hydrogen (secondary N) is 1. The van der Waals surface area contributed by atoms with Crippen molar-refractivity contribution in [2.45, 2.75) is 11.8 Å². The maximum absolute atomic E-state index is 5.84. The van der Waals surface area contributed by atoms with Gasteiger partial charge in [0.25, 0.3) is 0 Å². The number of hydrogen-bond donors (Lipinski definition) is 5. The van der Waals surface area contributed by atoms with E-state index in [-0.39, 0.29) is 0 Å². The molecule has 0 saturated heterocycles. The van der Waals surface area contributed by atoms with E-state index in [4.69, 9.17) is 17.2 Å². The highest BCUT2D eigenvalue weighted by Gasteiger charge is 2.13. The fourth-order valence-electron chi connectivity index (χ4n) is 1.17. The molecule has 0 spiro atoms. The van der Waals surface area contributed by atoms with Crippen LogP contribution in [0, 0.1) is 6.92 Å². The van der Waals surface area contributed by atoms with Crippen LogP contribution in [-0.4, -0.2) is 4.55 Å². The summed E-state index contributed by atoms with van der Waals surface area (Å²) in [5.74, 6) is 0. The Morgan fingerprint density at radius 2 is 1.79 bits per heavy atom. The number of benzene rings is 1. The first-order valence-corrected chi connectivity index (χ1v) is 5.93. The molecule has 0 atom stereocenters. The first kappa shape index (κ1) is 11.6. The van der Waals surface area contributed by atoms with Crippen LogP contribution in [0.2, 0.25) is 0 Å². The van der Waals surface area contributed by atoms with Gasteiger partial charge in [-0.1, -0.05) is 22.6 Å². The van der Waals surface area contributed by atoms with E-state index in [1.165, 1.54) is 0 Å². The topological polar surface area (TPSA) is 90.1 Å². The minimum atomic E-state index is 0.512. The van der Waals surface area contributed by atoms with Crippen molar-refractivity contribution < 1.29 is 0 Å². The van der Waals surface area contributed by atoms with Crippen molar-refractivity contribution in [3.8, 4) is 0 Å². The molecule has 0 aromatic heterocycles. The zero-order chi connectivity index (χ0) is 10.9. The van der Waals surface area contributed by atoms with E-state index < -0.39 is 0 Å². The molecular formula is C8H13IN4S. The molecule has 0 heterocycles. The molecular weight excluding hydrogens is 311 g/mol. The second-order valence-electron chi connectivity index (χ2n) is 2.90. The molecule has 0 radical (unpaired) electrons. The second-order valence-corrected chi connectivity index (χ2v) is 4.11. The van der Waals surface area contributed by atoms with Crippen LogP contribution in [0.1, 0.15) is 5.56 Å². The van der Waals surface area contributed by atoms with Crippen molar-refractivity contribution in [1.29, 1.82) is 0 Å². The smallest absolute Gasteiger partial charge is 0.0799 e. The molecule has 0 saturated carbocycles. The molecule has 1 aromatic carbocycles. The Morgan fingerprint density at radius 3 is 2.29 bits per heavy atom. The summed E-state index contributed by atoms with van der Waals surface area (Å²) in [4.78, 5) is 0.658. The Kier molecular flexibility index (Phi) is 3.59. The van der Waals surface area contributed by atoms with Crippen LogP contribution in [-0.2, 0) is 0 Å². The van der Waals surface area contributed by atoms with Gasteiger partial charge in [-0.05, 0) is 12.5 Å². The van der Waals surface area contributed by atoms with Gasteiger partial charge in [0.2, 0.25) is 0 Å². The van der Waals surface area contributed by atoms with Gasteiger partial charge in [-0.2, -0.15) is 0 Å². The number of alkyl halides is 1. The summed E-state index contributed by atoms with van der Waals surface area (Å²) in [7, 11) is 0. The summed E-state index contributed by atoms with van der Waals surface area (Å²) in [6, 6.07) is 0. The molecule has 7 N–H and O–H groups in total. The molecule has 6 heteroatoms. The molecule has 78 valence electrons. The van der Waals surface area contributed by atoms with Gasteiger partial charge in [-0.3, -0.25) is 0 Å². The maximum atomic E-state index is 5.84. The highest BCUT2D eigenvalue weighted by atomic mass is 127. The largest absolute Gasteiger partial charge is 0.397 e. The van der Waals surface area contributed by atoms with E-state index in [9.17, 15) is 0 Å². The summed E-state index contributed by atoms with van der Waals surface area (Å²) in [5.41, 5.74) is 20.6. The number of nitrogens with two attached hydrogens (primary N) is 3. The average molecular weight is 324 g/mol. The number of anilines is 4. The number of rotatable bonds is 2. The number of halogens is 1. The van der Waals surface area contributed by atoms with Crippen LogP contribution in [0.25, 0.3) is 0 Å². The lowest BCUT2D eigenvalue weighted by Crippen LogP contribution is -2.08. The van der Waals surface area contributed by atoms with Crippen LogP contribution < -0.4 is 22.5 Å². The average Bonchev–Trinajstić information content (AvgIpc) is 2.19. The minimum absolute atomic E-state index is 0.512. The SMILES string of the molecule is Cc1c(N)c(N)c(NCI)c(S)c1N. The standard InChI is InChI=1S/C8H13IN4S/c1-3-4(10)6(12)7(13-2-9)8(14)5(3)11/h13-14H,2,10-12H2,1H3. The molecule has 14 heavy (non-hydrogen) atoms.